The van der Waals surface area contributed by atoms with Crippen molar-refractivity contribution in [3.8, 4) is 5.75 Å². The van der Waals surface area contributed by atoms with Crippen molar-refractivity contribution in [3.05, 3.63) is 76.2 Å². The van der Waals surface area contributed by atoms with E-state index in [0.29, 0.717) is 32.9 Å². The molecule has 2 amide bonds. The summed E-state index contributed by atoms with van der Waals surface area (Å²) >= 11 is 3.20. The molecule has 0 bridgehead atoms. The van der Waals surface area contributed by atoms with Crippen LogP contribution in [-0.2, 0) is 0 Å². The van der Waals surface area contributed by atoms with Crippen LogP contribution in [0.5, 0.6) is 5.75 Å². The monoisotopic (exact) mass is 428 g/mol. The third-order valence-electron chi connectivity index (χ3n) is 3.84. The van der Waals surface area contributed by atoms with Crippen molar-refractivity contribution in [1.82, 2.24) is 0 Å². The first kappa shape index (κ1) is 18.7. The normalized spacial score (nSPS) is 10.3. The highest BCUT2D eigenvalue weighted by Gasteiger charge is 2.18. The number of rotatable bonds is 5. The van der Waals surface area contributed by atoms with Crippen LogP contribution in [0.2, 0.25) is 0 Å². The zero-order valence-corrected chi connectivity index (χ0v) is 16.3. The van der Waals surface area contributed by atoms with E-state index in [1.807, 2.05) is 0 Å². The maximum absolute atomic E-state index is 12.7. The molecule has 0 radical (unpaired) electrons. The van der Waals surface area contributed by atoms with Gasteiger partial charge < -0.3 is 19.8 Å². The standard InChI is InChI=1S/C20H17BrN2O4/c1-12-10-17(21)27-18(12)20(25)23-16-9-4-3-8-15(16)19(24)22-13-6-5-7-14(11-13)26-2/h3-11H,1-2H3,(H,22,24)(H,23,25). The quantitative estimate of drug-likeness (QED) is 0.607. The van der Waals surface area contributed by atoms with E-state index in [-0.39, 0.29) is 11.7 Å². The second kappa shape index (κ2) is 8.09. The Hall–Kier alpha value is -3.06. The molecule has 3 aromatic rings. The average molecular weight is 429 g/mol. The van der Waals surface area contributed by atoms with Gasteiger partial charge in [0.25, 0.3) is 11.8 Å². The number of methoxy groups -OCH3 is 1. The molecule has 138 valence electrons. The van der Waals surface area contributed by atoms with E-state index in [2.05, 4.69) is 26.6 Å². The van der Waals surface area contributed by atoms with Gasteiger partial charge in [-0.1, -0.05) is 18.2 Å². The van der Waals surface area contributed by atoms with Crippen molar-refractivity contribution in [2.75, 3.05) is 17.7 Å². The lowest BCUT2D eigenvalue weighted by molar-refractivity contribution is 0.0994. The molecule has 1 aromatic heterocycles. The van der Waals surface area contributed by atoms with E-state index in [0.717, 1.165) is 0 Å². The summed E-state index contributed by atoms with van der Waals surface area (Å²) in [6.45, 7) is 1.77. The number of ether oxygens (including phenoxy) is 1. The maximum Gasteiger partial charge on any atom is 0.291 e. The van der Waals surface area contributed by atoms with Gasteiger partial charge in [-0.15, -0.1) is 0 Å². The topological polar surface area (TPSA) is 80.6 Å². The smallest absolute Gasteiger partial charge is 0.291 e. The van der Waals surface area contributed by atoms with Gasteiger partial charge in [0.2, 0.25) is 0 Å². The van der Waals surface area contributed by atoms with Crippen molar-refractivity contribution in [2.24, 2.45) is 0 Å². The molecule has 0 aliphatic heterocycles. The lowest BCUT2D eigenvalue weighted by Gasteiger charge is -2.11. The molecule has 2 N–H and O–H groups in total. The largest absolute Gasteiger partial charge is 0.497 e. The van der Waals surface area contributed by atoms with Gasteiger partial charge in [0, 0.05) is 17.3 Å². The Morgan fingerprint density at radius 1 is 1.00 bits per heavy atom. The Kier molecular flexibility index (Phi) is 5.61. The summed E-state index contributed by atoms with van der Waals surface area (Å²) in [4.78, 5) is 25.2. The minimum absolute atomic E-state index is 0.185. The molecular weight excluding hydrogens is 412 g/mol. The molecule has 2 aromatic carbocycles. The number of anilines is 2. The molecule has 1 heterocycles. The highest BCUT2D eigenvalue weighted by molar-refractivity contribution is 9.10. The van der Waals surface area contributed by atoms with Gasteiger partial charge in [-0.2, -0.15) is 0 Å². The molecule has 27 heavy (non-hydrogen) atoms. The molecule has 6 nitrogen and oxygen atoms in total. The summed E-state index contributed by atoms with van der Waals surface area (Å²) in [5.41, 5.74) is 2.00. The first-order valence-corrected chi connectivity index (χ1v) is 8.89. The molecule has 0 aliphatic carbocycles. The molecule has 0 saturated heterocycles. The number of carbonyl (C=O) groups excluding carboxylic acids is 2. The van der Waals surface area contributed by atoms with Crippen LogP contribution in [0.4, 0.5) is 11.4 Å². The first-order valence-electron chi connectivity index (χ1n) is 8.09. The van der Waals surface area contributed by atoms with Crippen molar-refractivity contribution in [3.63, 3.8) is 0 Å². The summed E-state index contributed by atoms with van der Waals surface area (Å²) in [6, 6.07) is 15.5. The Morgan fingerprint density at radius 2 is 1.78 bits per heavy atom. The predicted octanol–water partition coefficient (Wildman–Crippen LogP) is 4.86. The van der Waals surface area contributed by atoms with Gasteiger partial charge in [0.05, 0.1) is 18.4 Å². The highest BCUT2D eigenvalue weighted by atomic mass is 79.9. The summed E-state index contributed by atoms with van der Waals surface area (Å²) in [6.07, 6.45) is 0. The fourth-order valence-corrected chi connectivity index (χ4v) is 3.04. The van der Waals surface area contributed by atoms with Crippen LogP contribution in [-0.4, -0.2) is 18.9 Å². The van der Waals surface area contributed by atoms with Crippen LogP contribution >= 0.6 is 15.9 Å². The van der Waals surface area contributed by atoms with Crippen molar-refractivity contribution in [2.45, 2.75) is 6.92 Å². The minimum atomic E-state index is -0.431. The van der Waals surface area contributed by atoms with Crippen molar-refractivity contribution < 1.29 is 18.7 Å². The molecular formula is C20H17BrN2O4. The van der Waals surface area contributed by atoms with Crippen LogP contribution < -0.4 is 15.4 Å². The number of para-hydroxylation sites is 1. The van der Waals surface area contributed by atoms with E-state index >= 15 is 0 Å². The Bertz CT molecular complexity index is 997. The summed E-state index contributed by atoms with van der Waals surface area (Å²) in [5.74, 6) is 0.0365. The van der Waals surface area contributed by atoms with E-state index in [9.17, 15) is 9.59 Å². The van der Waals surface area contributed by atoms with Crippen LogP contribution in [0, 0.1) is 6.92 Å². The number of furan rings is 1. The zero-order chi connectivity index (χ0) is 19.4. The first-order chi connectivity index (χ1) is 13.0. The highest BCUT2D eigenvalue weighted by Crippen LogP contribution is 2.23. The van der Waals surface area contributed by atoms with E-state index < -0.39 is 5.91 Å². The van der Waals surface area contributed by atoms with Crippen LogP contribution in [0.3, 0.4) is 0 Å². The SMILES string of the molecule is COc1cccc(NC(=O)c2ccccc2NC(=O)c2oc(Br)cc2C)c1. The van der Waals surface area contributed by atoms with Crippen LogP contribution in [0.1, 0.15) is 26.5 Å². The average Bonchev–Trinajstić information content (AvgIpc) is 3.00. The third kappa shape index (κ3) is 4.38. The van der Waals surface area contributed by atoms with Gasteiger partial charge in [0.1, 0.15) is 5.75 Å². The summed E-state index contributed by atoms with van der Waals surface area (Å²) in [7, 11) is 1.56. The summed E-state index contributed by atoms with van der Waals surface area (Å²) < 4.78 is 11.0. The Balaban J connectivity index is 1.81. The van der Waals surface area contributed by atoms with Gasteiger partial charge in [-0.05, 0) is 53.2 Å². The molecule has 0 saturated carbocycles. The Labute approximate surface area is 164 Å². The fourth-order valence-electron chi connectivity index (χ4n) is 2.54. The summed E-state index contributed by atoms with van der Waals surface area (Å²) in [5, 5.41) is 5.53. The van der Waals surface area contributed by atoms with Gasteiger partial charge in [-0.3, -0.25) is 9.59 Å². The van der Waals surface area contributed by atoms with Gasteiger partial charge >= 0.3 is 0 Å². The fraction of sp³-hybridized carbons (Fsp3) is 0.100. The van der Waals surface area contributed by atoms with Crippen molar-refractivity contribution in [1.29, 1.82) is 0 Å². The van der Waals surface area contributed by atoms with E-state index in [4.69, 9.17) is 9.15 Å². The number of hydrogen-bond acceptors (Lipinski definition) is 4. The third-order valence-corrected chi connectivity index (χ3v) is 4.23. The number of nitrogens with one attached hydrogen (secondary N) is 2. The van der Waals surface area contributed by atoms with E-state index in [1.54, 1.807) is 68.6 Å². The number of halogens is 1. The number of carbonyl (C=O) groups is 2. The molecule has 0 unspecified atom stereocenters. The van der Waals surface area contributed by atoms with E-state index in [1.165, 1.54) is 0 Å². The van der Waals surface area contributed by atoms with Gasteiger partial charge in [-0.25, -0.2) is 0 Å². The lowest BCUT2D eigenvalue weighted by atomic mass is 10.1. The number of aryl methyl sites for hydroxylation is 1. The van der Waals surface area contributed by atoms with Crippen LogP contribution in [0.15, 0.2) is 63.7 Å². The van der Waals surface area contributed by atoms with Gasteiger partial charge in [0.15, 0.2) is 10.4 Å². The predicted molar refractivity (Wildman–Crippen MR) is 106 cm³/mol. The zero-order valence-electron chi connectivity index (χ0n) is 14.7. The maximum atomic E-state index is 12.7. The number of hydrogen-bond donors (Lipinski definition) is 2. The minimum Gasteiger partial charge on any atom is -0.497 e. The second-order valence-corrected chi connectivity index (χ2v) is 6.53. The molecule has 0 spiro atoms. The molecule has 7 heteroatoms. The van der Waals surface area contributed by atoms with Crippen LogP contribution in [0.25, 0.3) is 0 Å². The molecule has 0 atom stereocenters. The lowest BCUT2D eigenvalue weighted by Crippen LogP contribution is -2.18. The molecule has 0 aliphatic rings. The number of amides is 2. The van der Waals surface area contributed by atoms with Crippen molar-refractivity contribution >= 4 is 39.1 Å². The molecule has 3 rings (SSSR count). The number of benzene rings is 2. The Morgan fingerprint density at radius 3 is 2.48 bits per heavy atom. The second-order valence-electron chi connectivity index (χ2n) is 5.75. The molecule has 0 fully saturated rings.